The summed E-state index contributed by atoms with van der Waals surface area (Å²) in [4.78, 5) is 0. The molecular weight excluding hydrogens is 222 g/mol. The molecule has 2 nitrogen and oxygen atoms in total. The Labute approximate surface area is 103 Å². The van der Waals surface area contributed by atoms with Crippen molar-refractivity contribution in [2.45, 2.75) is 32.7 Å². The molecule has 1 atom stereocenters. The van der Waals surface area contributed by atoms with Crippen molar-refractivity contribution in [1.82, 2.24) is 0 Å². The number of aryl methyl sites for hydroxylation is 1. The number of benzene rings is 1. The van der Waals surface area contributed by atoms with Crippen LogP contribution in [0.1, 0.15) is 36.9 Å². The highest BCUT2D eigenvalue weighted by molar-refractivity contribution is 6.31. The third-order valence-electron chi connectivity index (χ3n) is 2.63. The van der Waals surface area contributed by atoms with E-state index >= 15 is 0 Å². The Morgan fingerprint density at radius 1 is 1.44 bits per heavy atom. The predicted molar refractivity (Wildman–Crippen MR) is 68.8 cm³/mol. The minimum Gasteiger partial charge on any atom is -0.382 e. The lowest BCUT2D eigenvalue weighted by molar-refractivity contribution is 0.142. The molecule has 1 aromatic rings. The van der Waals surface area contributed by atoms with Crippen LogP contribution < -0.4 is 5.73 Å². The Balaban J connectivity index is 2.46. The maximum Gasteiger partial charge on any atom is 0.0466 e. The molecule has 0 aromatic heterocycles. The highest BCUT2D eigenvalue weighted by atomic mass is 35.5. The zero-order valence-electron chi connectivity index (χ0n) is 10.0. The highest BCUT2D eigenvalue weighted by Gasteiger charge is 2.07. The van der Waals surface area contributed by atoms with Crippen molar-refractivity contribution < 1.29 is 4.74 Å². The third kappa shape index (κ3) is 4.12. The second kappa shape index (κ2) is 6.89. The molecule has 90 valence electrons. The Bertz CT molecular complexity index is 328. The lowest BCUT2D eigenvalue weighted by Gasteiger charge is -2.13. The molecule has 1 unspecified atom stereocenters. The SMILES string of the molecule is CCOCCCC(N)c1ccc(C)c(Cl)c1. The smallest absolute Gasteiger partial charge is 0.0466 e. The molecular formula is C13H20ClNO. The molecule has 0 saturated carbocycles. The van der Waals surface area contributed by atoms with Crippen LogP contribution in [-0.4, -0.2) is 13.2 Å². The predicted octanol–water partition coefficient (Wildman–Crippen LogP) is 3.46. The summed E-state index contributed by atoms with van der Waals surface area (Å²) in [5, 5.41) is 0.790. The van der Waals surface area contributed by atoms with Gasteiger partial charge in [0.2, 0.25) is 0 Å². The van der Waals surface area contributed by atoms with Gasteiger partial charge >= 0.3 is 0 Å². The maximum absolute atomic E-state index is 6.08. The standard InChI is InChI=1S/C13H20ClNO/c1-3-16-8-4-5-13(15)11-7-6-10(2)12(14)9-11/h6-7,9,13H,3-5,8,15H2,1-2H3. The van der Waals surface area contributed by atoms with Crippen LogP contribution in [0.3, 0.4) is 0 Å². The zero-order valence-corrected chi connectivity index (χ0v) is 10.8. The molecule has 0 radical (unpaired) electrons. The van der Waals surface area contributed by atoms with Crippen molar-refractivity contribution in [2.75, 3.05) is 13.2 Å². The first-order valence-electron chi connectivity index (χ1n) is 5.74. The van der Waals surface area contributed by atoms with E-state index in [2.05, 4.69) is 0 Å². The van der Waals surface area contributed by atoms with Crippen molar-refractivity contribution in [3.8, 4) is 0 Å². The summed E-state index contributed by atoms with van der Waals surface area (Å²) in [6.07, 6.45) is 1.92. The Hall–Kier alpha value is -0.570. The lowest BCUT2D eigenvalue weighted by atomic mass is 10.0. The summed E-state index contributed by atoms with van der Waals surface area (Å²) in [6.45, 7) is 5.54. The van der Waals surface area contributed by atoms with E-state index in [0.29, 0.717) is 0 Å². The van der Waals surface area contributed by atoms with Crippen molar-refractivity contribution in [3.63, 3.8) is 0 Å². The fourth-order valence-corrected chi connectivity index (χ4v) is 1.75. The average Bonchev–Trinajstić information content (AvgIpc) is 2.28. The highest BCUT2D eigenvalue weighted by Crippen LogP contribution is 2.22. The molecule has 16 heavy (non-hydrogen) atoms. The van der Waals surface area contributed by atoms with Crippen LogP contribution in [0.5, 0.6) is 0 Å². The van der Waals surface area contributed by atoms with Crippen LogP contribution in [0, 0.1) is 6.92 Å². The molecule has 0 amide bonds. The van der Waals surface area contributed by atoms with Crippen LogP contribution >= 0.6 is 11.6 Å². The molecule has 3 heteroatoms. The van der Waals surface area contributed by atoms with Gasteiger partial charge in [0.25, 0.3) is 0 Å². The molecule has 0 fully saturated rings. The first-order chi connectivity index (χ1) is 7.65. The van der Waals surface area contributed by atoms with Gasteiger partial charge in [0, 0.05) is 24.3 Å². The molecule has 0 bridgehead atoms. The Morgan fingerprint density at radius 2 is 2.19 bits per heavy atom. The van der Waals surface area contributed by atoms with Gasteiger partial charge in [-0.2, -0.15) is 0 Å². The van der Waals surface area contributed by atoms with E-state index in [0.717, 1.165) is 42.2 Å². The number of rotatable bonds is 6. The van der Waals surface area contributed by atoms with E-state index in [1.807, 2.05) is 32.0 Å². The molecule has 0 aliphatic heterocycles. The number of hydrogen-bond acceptors (Lipinski definition) is 2. The number of ether oxygens (including phenoxy) is 1. The van der Waals surface area contributed by atoms with E-state index < -0.39 is 0 Å². The normalized spacial score (nSPS) is 12.8. The zero-order chi connectivity index (χ0) is 12.0. The number of nitrogens with two attached hydrogens (primary N) is 1. The van der Waals surface area contributed by atoms with Crippen LogP contribution in [0.2, 0.25) is 5.02 Å². The molecule has 2 N–H and O–H groups in total. The molecule has 1 aromatic carbocycles. The van der Waals surface area contributed by atoms with Crippen LogP contribution in [0.15, 0.2) is 18.2 Å². The lowest BCUT2D eigenvalue weighted by Crippen LogP contribution is -2.11. The Kier molecular flexibility index (Phi) is 5.81. The van der Waals surface area contributed by atoms with Gasteiger partial charge in [-0.15, -0.1) is 0 Å². The van der Waals surface area contributed by atoms with E-state index in [1.54, 1.807) is 0 Å². The maximum atomic E-state index is 6.08. The second-order valence-electron chi connectivity index (χ2n) is 3.95. The van der Waals surface area contributed by atoms with Gasteiger partial charge in [-0.05, 0) is 43.9 Å². The van der Waals surface area contributed by atoms with Crippen LogP contribution in [0.25, 0.3) is 0 Å². The van der Waals surface area contributed by atoms with Crippen molar-refractivity contribution in [1.29, 1.82) is 0 Å². The average molecular weight is 242 g/mol. The third-order valence-corrected chi connectivity index (χ3v) is 3.04. The van der Waals surface area contributed by atoms with E-state index in [1.165, 1.54) is 0 Å². The van der Waals surface area contributed by atoms with Gasteiger partial charge in [0.1, 0.15) is 0 Å². The number of halogens is 1. The first-order valence-corrected chi connectivity index (χ1v) is 6.12. The summed E-state index contributed by atoms with van der Waals surface area (Å²) < 4.78 is 5.28. The summed E-state index contributed by atoms with van der Waals surface area (Å²) >= 11 is 6.06. The molecule has 0 aliphatic carbocycles. The van der Waals surface area contributed by atoms with Gasteiger partial charge < -0.3 is 10.5 Å². The summed E-state index contributed by atoms with van der Waals surface area (Å²) in [5.74, 6) is 0. The van der Waals surface area contributed by atoms with E-state index in [-0.39, 0.29) is 6.04 Å². The fourth-order valence-electron chi connectivity index (χ4n) is 1.56. The summed E-state index contributed by atoms with van der Waals surface area (Å²) in [6, 6.07) is 6.08. The second-order valence-corrected chi connectivity index (χ2v) is 4.36. The van der Waals surface area contributed by atoms with Gasteiger partial charge in [0.15, 0.2) is 0 Å². The molecule has 1 rings (SSSR count). The van der Waals surface area contributed by atoms with Crippen LogP contribution in [0.4, 0.5) is 0 Å². The van der Waals surface area contributed by atoms with Gasteiger partial charge in [-0.1, -0.05) is 23.7 Å². The monoisotopic (exact) mass is 241 g/mol. The fraction of sp³-hybridized carbons (Fsp3) is 0.538. The Morgan fingerprint density at radius 3 is 2.81 bits per heavy atom. The largest absolute Gasteiger partial charge is 0.382 e. The first kappa shape index (κ1) is 13.5. The molecule has 0 heterocycles. The van der Waals surface area contributed by atoms with Crippen LogP contribution in [-0.2, 0) is 4.74 Å². The molecule has 0 aliphatic rings. The van der Waals surface area contributed by atoms with E-state index in [9.17, 15) is 0 Å². The van der Waals surface area contributed by atoms with Crippen molar-refractivity contribution >= 4 is 11.6 Å². The minimum atomic E-state index is 0.0542. The summed E-state index contributed by atoms with van der Waals surface area (Å²) in [5.41, 5.74) is 8.28. The van der Waals surface area contributed by atoms with Gasteiger partial charge in [0.05, 0.1) is 0 Å². The molecule has 0 spiro atoms. The minimum absolute atomic E-state index is 0.0542. The van der Waals surface area contributed by atoms with Crippen molar-refractivity contribution in [2.24, 2.45) is 5.73 Å². The number of hydrogen-bond donors (Lipinski definition) is 1. The topological polar surface area (TPSA) is 35.2 Å². The van der Waals surface area contributed by atoms with E-state index in [4.69, 9.17) is 22.1 Å². The molecule has 0 saturated heterocycles. The van der Waals surface area contributed by atoms with Gasteiger partial charge in [-0.3, -0.25) is 0 Å². The quantitative estimate of drug-likeness (QED) is 0.775. The summed E-state index contributed by atoms with van der Waals surface area (Å²) in [7, 11) is 0. The van der Waals surface area contributed by atoms with Crippen molar-refractivity contribution in [3.05, 3.63) is 34.3 Å². The van der Waals surface area contributed by atoms with Gasteiger partial charge in [-0.25, -0.2) is 0 Å².